The highest BCUT2D eigenvalue weighted by Crippen LogP contribution is 2.15. The van der Waals surface area contributed by atoms with Crippen LogP contribution >= 0.6 is 0 Å². The highest BCUT2D eigenvalue weighted by molar-refractivity contribution is 5.79. The quantitative estimate of drug-likeness (QED) is 0.607. The van der Waals surface area contributed by atoms with Crippen molar-refractivity contribution in [1.82, 2.24) is 10.3 Å². The molecule has 2 rings (SSSR count). The Kier molecular flexibility index (Phi) is 3.85. The van der Waals surface area contributed by atoms with Crippen molar-refractivity contribution in [2.45, 2.75) is 13.2 Å². The number of hydrogen-bond acceptors (Lipinski definition) is 3. The van der Waals surface area contributed by atoms with Gasteiger partial charge < -0.3 is 10.4 Å². The van der Waals surface area contributed by atoms with E-state index in [9.17, 15) is 0 Å². The molecule has 3 heteroatoms. The molecule has 0 radical (unpaired) electrons. The monoisotopic (exact) mass is 228 g/mol. The number of rotatable bonds is 5. The van der Waals surface area contributed by atoms with Gasteiger partial charge in [0.25, 0.3) is 0 Å². The van der Waals surface area contributed by atoms with Gasteiger partial charge in [-0.3, -0.25) is 4.98 Å². The first-order chi connectivity index (χ1) is 8.33. The van der Waals surface area contributed by atoms with E-state index in [-0.39, 0.29) is 6.61 Å². The summed E-state index contributed by atoms with van der Waals surface area (Å²) >= 11 is 0. The fraction of sp³-hybridized carbons (Fsp3) is 0.214. The highest BCUT2D eigenvalue weighted by Gasteiger charge is 1.99. The largest absolute Gasteiger partial charge is 0.392 e. The third-order valence-electron chi connectivity index (χ3n) is 2.59. The van der Waals surface area contributed by atoms with Crippen molar-refractivity contribution in [3.05, 3.63) is 54.2 Å². The van der Waals surface area contributed by atoms with Gasteiger partial charge in [0, 0.05) is 18.5 Å². The number of fused-ring (bicyclic) bond motifs is 1. The maximum Gasteiger partial charge on any atom is 0.0706 e. The van der Waals surface area contributed by atoms with Gasteiger partial charge in [-0.15, -0.1) is 6.58 Å². The number of nitrogens with zero attached hydrogens (tertiary/aromatic N) is 1. The van der Waals surface area contributed by atoms with E-state index in [2.05, 4.69) is 16.9 Å². The average Bonchev–Trinajstić information content (AvgIpc) is 2.38. The first kappa shape index (κ1) is 11.8. The van der Waals surface area contributed by atoms with Crippen LogP contribution in [-0.4, -0.2) is 16.6 Å². The van der Waals surface area contributed by atoms with E-state index in [1.54, 1.807) is 0 Å². The van der Waals surface area contributed by atoms with E-state index >= 15 is 0 Å². The van der Waals surface area contributed by atoms with Crippen molar-refractivity contribution in [2.75, 3.05) is 6.54 Å². The molecular weight excluding hydrogens is 212 g/mol. The molecule has 2 aromatic rings. The first-order valence-corrected chi connectivity index (χ1v) is 5.64. The van der Waals surface area contributed by atoms with Crippen LogP contribution < -0.4 is 5.32 Å². The number of pyridine rings is 1. The van der Waals surface area contributed by atoms with Crippen LogP contribution in [0.3, 0.4) is 0 Å². The van der Waals surface area contributed by atoms with Crippen LogP contribution in [0.15, 0.2) is 43.0 Å². The Balaban J connectivity index is 2.22. The Morgan fingerprint density at radius 1 is 1.29 bits per heavy atom. The van der Waals surface area contributed by atoms with E-state index in [0.29, 0.717) is 0 Å². The summed E-state index contributed by atoms with van der Waals surface area (Å²) < 4.78 is 0. The van der Waals surface area contributed by atoms with Crippen LogP contribution in [-0.2, 0) is 13.2 Å². The lowest BCUT2D eigenvalue weighted by Gasteiger charge is -2.04. The second-order valence-electron chi connectivity index (χ2n) is 3.91. The molecule has 0 saturated carbocycles. The van der Waals surface area contributed by atoms with E-state index < -0.39 is 0 Å². The van der Waals surface area contributed by atoms with Crippen molar-refractivity contribution in [3.63, 3.8) is 0 Å². The minimum absolute atomic E-state index is 0.0680. The topological polar surface area (TPSA) is 45.1 Å². The molecule has 0 aliphatic carbocycles. The molecule has 0 bridgehead atoms. The van der Waals surface area contributed by atoms with Crippen LogP contribution in [0.25, 0.3) is 10.9 Å². The molecule has 0 aliphatic rings. The van der Waals surface area contributed by atoms with Crippen LogP contribution in [0.5, 0.6) is 0 Å². The Morgan fingerprint density at radius 2 is 2.18 bits per heavy atom. The molecule has 0 atom stereocenters. The summed E-state index contributed by atoms with van der Waals surface area (Å²) in [5.41, 5.74) is 2.88. The zero-order valence-corrected chi connectivity index (χ0v) is 9.69. The highest BCUT2D eigenvalue weighted by atomic mass is 16.3. The molecule has 1 aromatic carbocycles. The van der Waals surface area contributed by atoms with Crippen molar-refractivity contribution >= 4 is 10.9 Å². The van der Waals surface area contributed by atoms with Gasteiger partial charge in [0.15, 0.2) is 0 Å². The lowest BCUT2D eigenvalue weighted by Crippen LogP contribution is -2.13. The summed E-state index contributed by atoms with van der Waals surface area (Å²) in [5.74, 6) is 0. The number of aliphatic hydroxyl groups is 1. The van der Waals surface area contributed by atoms with E-state index in [4.69, 9.17) is 5.11 Å². The summed E-state index contributed by atoms with van der Waals surface area (Å²) in [6, 6.07) is 9.84. The maximum absolute atomic E-state index is 9.06. The zero-order chi connectivity index (χ0) is 12.1. The minimum Gasteiger partial charge on any atom is -0.392 e. The van der Waals surface area contributed by atoms with E-state index in [1.807, 2.05) is 36.4 Å². The van der Waals surface area contributed by atoms with Gasteiger partial charge in [-0.1, -0.05) is 18.2 Å². The van der Waals surface area contributed by atoms with Gasteiger partial charge in [0.05, 0.1) is 17.8 Å². The Labute approximate surface area is 101 Å². The molecule has 2 N–H and O–H groups in total. The standard InChI is InChI=1S/C14H16N2O/c1-2-7-15-9-13-5-4-12-8-11(10-17)3-6-14(12)16-13/h2-6,8,15,17H,1,7,9-10H2. The lowest BCUT2D eigenvalue weighted by molar-refractivity contribution is 0.282. The Morgan fingerprint density at radius 3 is 2.94 bits per heavy atom. The van der Waals surface area contributed by atoms with Crippen molar-refractivity contribution in [1.29, 1.82) is 0 Å². The van der Waals surface area contributed by atoms with Gasteiger partial charge >= 0.3 is 0 Å². The molecule has 0 amide bonds. The molecule has 0 unspecified atom stereocenters. The fourth-order valence-corrected chi connectivity index (χ4v) is 1.72. The van der Waals surface area contributed by atoms with Gasteiger partial charge in [0.1, 0.15) is 0 Å². The summed E-state index contributed by atoms with van der Waals surface area (Å²) in [4.78, 5) is 4.54. The fourth-order valence-electron chi connectivity index (χ4n) is 1.72. The van der Waals surface area contributed by atoms with Gasteiger partial charge in [-0.05, 0) is 23.8 Å². The predicted octanol–water partition coefficient (Wildman–Crippen LogP) is 2.00. The Bertz CT molecular complexity index is 523. The molecule has 1 aromatic heterocycles. The smallest absolute Gasteiger partial charge is 0.0706 e. The summed E-state index contributed by atoms with van der Waals surface area (Å²) in [5, 5.41) is 13.3. The predicted molar refractivity (Wildman–Crippen MR) is 69.6 cm³/mol. The third kappa shape index (κ3) is 2.90. The maximum atomic E-state index is 9.06. The lowest BCUT2D eigenvalue weighted by atomic mass is 10.1. The van der Waals surface area contributed by atoms with E-state index in [1.165, 1.54) is 0 Å². The number of aliphatic hydroxyl groups excluding tert-OH is 1. The number of aromatic nitrogens is 1. The molecule has 88 valence electrons. The van der Waals surface area contributed by atoms with Crippen LogP contribution in [0.4, 0.5) is 0 Å². The van der Waals surface area contributed by atoms with Crippen LogP contribution in [0.1, 0.15) is 11.3 Å². The number of nitrogens with one attached hydrogen (secondary N) is 1. The number of benzene rings is 1. The second-order valence-corrected chi connectivity index (χ2v) is 3.91. The summed E-state index contributed by atoms with van der Waals surface area (Å²) in [7, 11) is 0. The third-order valence-corrected chi connectivity index (χ3v) is 2.59. The molecule has 1 heterocycles. The second kappa shape index (κ2) is 5.57. The molecule has 0 spiro atoms. The molecule has 3 nitrogen and oxygen atoms in total. The van der Waals surface area contributed by atoms with Crippen molar-refractivity contribution < 1.29 is 5.11 Å². The summed E-state index contributed by atoms with van der Waals surface area (Å²) in [6.07, 6.45) is 1.83. The normalized spacial score (nSPS) is 10.6. The van der Waals surface area contributed by atoms with Crippen LogP contribution in [0.2, 0.25) is 0 Å². The van der Waals surface area contributed by atoms with Gasteiger partial charge in [-0.2, -0.15) is 0 Å². The number of hydrogen-bond donors (Lipinski definition) is 2. The molecule has 0 fully saturated rings. The molecular formula is C14H16N2O. The SMILES string of the molecule is C=CCNCc1ccc2cc(CO)ccc2n1. The van der Waals surface area contributed by atoms with Gasteiger partial charge in [0.2, 0.25) is 0 Å². The van der Waals surface area contributed by atoms with Crippen LogP contribution in [0, 0.1) is 0 Å². The zero-order valence-electron chi connectivity index (χ0n) is 9.69. The van der Waals surface area contributed by atoms with Crippen molar-refractivity contribution in [3.8, 4) is 0 Å². The van der Waals surface area contributed by atoms with Gasteiger partial charge in [-0.25, -0.2) is 0 Å². The first-order valence-electron chi connectivity index (χ1n) is 5.64. The van der Waals surface area contributed by atoms with Crippen molar-refractivity contribution in [2.24, 2.45) is 0 Å². The molecule has 0 aliphatic heterocycles. The minimum atomic E-state index is 0.0680. The average molecular weight is 228 g/mol. The van der Waals surface area contributed by atoms with E-state index in [0.717, 1.165) is 35.2 Å². The molecule has 0 saturated heterocycles. The Hall–Kier alpha value is -1.71. The molecule has 17 heavy (non-hydrogen) atoms. The summed E-state index contributed by atoms with van der Waals surface area (Å²) in [6.45, 7) is 5.24.